The van der Waals surface area contributed by atoms with Crippen LogP contribution in [0.15, 0.2) is 24.3 Å². The van der Waals surface area contributed by atoms with E-state index in [2.05, 4.69) is 10.6 Å². The van der Waals surface area contributed by atoms with Gasteiger partial charge in [0.1, 0.15) is 5.82 Å². The standard InChI is InChI=1S/C14H19FN2O/c15-13-6-2-1-4-11(13)7-9-16-12-5-3-8-17-14(18)10-12/h1-2,4,6,12,16H,3,5,7-10H2,(H,17,18). The lowest BCUT2D eigenvalue weighted by molar-refractivity contribution is -0.121. The van der Waals surface area contributed by atoms with E-state index in [1.54, 1.807) is 12.1 Å². The van der Waals surface area contributed by atoms with Crippen LogP contribution in [-0.4, -0.2) is 25.0 Å². The molecule has 98 valence electrons. The van der Waals surface area contributed by atoms with Crippen LogP contribution >= 0.6 is 0 Å². The van der Waals surface area contributed by atoms with Crippen molar-refractivity contribution in [3.05, 3.63) is 35.6 Å². The minimum atomic E-state index is -0.155. The van der Waals surface area contributed by atoms with E-state index in [9.17, 15) is 9.18 Å². The Hall–Kier alpha value is -1.42. The van der Waals surface area contributed by atoms with Gasteiger partial charge in [0.15, 0.2) is 0 Å². The number of rotatable bonds is 4. The zero-order chi connectivity index (χ0) is 12.8. The Kier molecular flexibility index (Phi) is 4.70. The van der Waals surface area contributed by atoms with Crippen molar-refractivity contribution in [1.29, 1.82) is 0 Å². The van der Waals surface area contributed by atoms with Crippen LogP contribution in [-0.2, 0) is 11.2 Å². The largest absolute Gasteiger partial charge is 0.356 e. The average molecular weight is 250 g/mol. The zero-order valence-electron chi connectivity index (χ0n) is 10.4. The fourth-order valence-corrected chi connectivity index (χ4v) is 2.26. The molecule has 1 aromatic rings. The van der Waals surface area contributed by atoms with Crippen LogP contribution in [0, 0.1) is 5.82 Å². The summed E-state index contributed by atoms with van der Waals surface area (Å²) in [4.78, 5) is 11.4. The molecule has 3 nitrogen and oxygen atoms in total. The van der Waals surface area contributed by atoms with E-state index in [0.717, 1.165) is 24.9 Å². The van der Waals surface area contributed by atoms with Crippen LogP contribution < -0.4 is 10.6 Å². The molecule has 1 heterocycles. The molecular weight excluding hydrogens is 231 g/mol. The summed E-state index contributed by atoms with van der Waals surface area (Å²) in [5, 5.41) is 6.19. The molecule has 1 aliphatic rings. The van der Waals surface area contributed by atoms with E-state index in [1.807, 2.05) is 6.07 Å². The molecule has 1 saturated heterocycles. The Bertz CT molecular complexity index is 409. The minimum absolute atomic E-state index is 0.107. The van der Waals surface area contributed by atoms with Crippen molar-refractivity contribution < 1.29 is 9.18 Å². The van der Waals surface area contributed by atoms with E-state index >= 15 is 0 Å². The molecule has 0 aromatic heterocycles. The first-order chi connectivity index (χ1) is 8.75. The molecule has 0 spiro atoms. The highest BCUT2D eigenvalue weighted by Crippen LogP contribution is 2.08. The van der Waals surface area contributed by atoms with Crippen LogP contribution in [0.1, 0.15) is 24.8 Å². The fraction of sp³-hybridized carbons (Fsp3) is 0.500. The van der Waals surface area contributed by atoms with E-state index in [-0.39, 0.29) is 17.8 Å². The summed E-state index contributed by atoms with van der Waals surface area (Å²) in [5.41, 5.74) is 0.725. The van der Waals surface area contributed by atoms with Gasteiger partial charge in [-0.05, 0) is 37.4 Å². The van der Waals surface area contributed by atoms with Gasteiger partial charge in [0.25, 0.3) is 0 Å². The third-order valence-corrected chi connectivity index (χ3v) is 3.27. The zero-order valence-corrected chi connectivity index (χ0v) is 10.4. The first-order valence-corrected chi connectivity index (χ1v) is 6.49. The topological polar surface area (TPSA) is 41.1 Å². The van der Waals surface area contributed by atoms with Crippen LogP contribution in [0.4, 0.5) is 4.39 Å². The van der Waals surface area contributed by atoms with Crippen molar-refractivity contribution >= 4 is 5.91 Å². The van der Waals surface area contributed by atoms with E-state index in [1.165, 1.54) is 6.07 Å². The maximum atomic E-state index is 13.4. The van der Waals surface area contributed by atoms with E-state index in [4.69, 9.17) is 0 Å². The van der Waals surface area contributed by atoms with Crippen LogP contribution in [0.25, 0.3) is 0 Å². The molecule has 2 N–H and O–H groups in total. The number of carbonyl (C=O) groups excluding carboxylic acids is 1. The highest BCUT2D eigenvalue weighted by molar-refractivity contribution is 5.76. The number of amides is 1. The Morgan fingerprint density at radius 1 is 1.39 bits per heavy atom. The quantitative estimate of drug-likeness (QED) is 0.852. The number of carbonyl (C=O) groups is 1. The summed E-state index contributed by atoms with van der Waals surface area (Å²) >= 11 is 0. The minimum Gasteiger partial charge on any atom is -0.356 e. The van der Waals surface area contributed by atoms with Gasteiger partial charge in [-0.25, -0.2) is 4.39 Å². The lowest BCUT2D eigenvalue weighted by atomic mass is 10.1. The predicted molar refractivity (Wildman–Crippen MR) is 68.8 cm³/mol. The fourth-order valence-electron chi connectivity index (χ4n) is 2.26. The molecule has 2 rings (SSSR count). The van der Waals surface area contributed by atoms with Crippen molar-refractivity contribution in [1.82, 2.24) is 10.6 Å². The van der Waals surface area contributed by atoms with E-state index in [0.29, 0.717) is 19.4 Å². The van der Waals surface area contributed by atoms with Crippen molar-refractivity contribution in [3.8, 4) is 0 Å². The summed E-state index contributed by atoms with van der Waals surface area (Å²) in [6, 6.07) is 7.05. The second-order valence-corrected chi connectivity index (χ2v) is 4.69. The van der Waals surface area contributed by atoms with Crippen molar-refractivity contribution in [3.63, 3.8) is 0 Å². The summed E-state index contributed by atoms with van der Waals surface area (Å²) in [6.45, 7) is 1.48. The molecule has 0 radical (unpaired) electrons. The molecule has 4 heteroatoms. The third-order valence-electron chi connectivity index (χ3n) is 3.27. The molecule has 18 heavy (non-hydrogen) atoms. The molecular formula is C14H19FN2O. The van der Waals surface area contributed by atoms with Crippen molar-refractivity contribution in [2.75, 3.05) is 13.1 Å². The molecule has 1 fully saturated rings. The number of benzene rings is 1. The van der Waals surface area contributed by atoms with E-state index < -0.39 is 0 Å². The first-order valence-electron chi connectivity index (χ1n) is 6.49. The van der Waals surface area contributed by atoms with Crippen molar-refractivity contribution in [2.45, 2.75) is 31.7 Å². The smallest absolute Gasteiger partial charge is 0.221 e. The van der Waals surface area contributed by atoms with Gasteiger partial charge >= 0.3 is 0 Å². The second-order valence-electron chi connectivity index (χ2n) is 4.69. The van der Waals surface area contributed by atoms with Crippen LogP contribution in [0.3, 0.4) is 0 Å². The van der Waals surface area contributed by atoms with Gasteiger partial charge in [0, 0.05) is 19.0 Å². The van der Waals surface area contributed by atoms with Gasteiger partial charge in [0.05, 0.1) is 0 Å². The van der Waals surface area contributed by atoms with Gasteiger partial charge in [0.2, 0.25) is 5.91 Å². The van der Waals surface area contributed by atoms with Crippen LogP contribution in [0.5, 0.6) is 0 Å². The molecule has 1 atom stereocenters. The molecule has 0 bridgehead atoms. The Morgan fingerprint density at radius 3 is 3.06 bits per heavy atom. The maximum absolute atomic E-state index is 13.4. The summed E-state index contributed by atoms with van der Waals surface area (Å²) < 4.78 is 13.4. The van der Waals surface area contributed by atoms with Crippen LogP contribution in [0.2, 0.25) is 0 Å². The Labute approximate surface area is 107 Å². The highest BCUT2D eigenvalue weighted by Gasteiger charge is 2.16. The molecule has 1 aliphatic heterocycles. The lowest BCUT2D eigenvalue weighted by Crippen LogP contribution is -2.33. The number of halogens is 1. The number of hydrogen-bond donors (Lipinski definition) is 2. The van der Waals surface area contributed by atoms with Gasteiger partial charge in [-0.15, -0.1) is 0 Å². The lowest BCUT2D eigenvalue weighted by Gasteiger charge is -2.15. The van der Waals surface area contributed by atoms with Gasteiger partial charge in [-0.2, -0.15) is 0 Å². The van der Waals surface area contributed by atoms with Gasteiger partial charge in [-0.3, -0.25) is 4.79 Å². The number of hydrogen-bond acceptors (Lipinski definition) is 2. The Balaban J connectivity index is 1.78. The summed E-state index contributed by atoms with van der Waals surface area (Å²) in [7, 11) is 0. The molecule has 1 amide bonds. The highest BCUT2D eigenvalue weighted by atomic mass is 19.1. The number of nitrogens with one attached hydrogen (secondary N) is 2. The second kappa shape index (κ2) is 6.50. The molecule has 1 aromatic carbocycles. The first kappa shape index (κ1) is 13.0. The van der Waals surface area contributed by atoms with Crippen molar-refractivity contribution in [2.24, 2.45) is 0 Å². The maximum Gasteiger partial charge on any atom is 0.221 e. The van der Waals surface area contributed by atoms with Gasteiger partial charge < -0.3 is 10.6 Å². The predicted octanol–water partition coefficient (Wildman–Crippen LogP) is 1.63. The normalized spacial score (nSPS) is 20.3. The summed E-state index contributed by atoms with van der Waals surface area (Å²) in [6.07, 6.45) is 3.18. The SMILES string of the molecule is O=C1CC(NCCc2ccccc2F)CCCN1. The Morgan fingerprint density at radius 2 is 2.22 bits per heavy atom. The molecule has 1 unspecified atom stereocenters. The molecule has 0 aliphatic carbocycles. The average Bonchev–Trinajstić information content (AvgIpc) is 2.56. The molecule has 0 saturated carbocycles. The monoisotopic (exact) mass is 250 g/mol. The van der Waals surface area contributed by atoms with Gasteiger partial charge in [-0.1, -0.05) is 18.2 Å². The summed E-state index contributed by atoms with van der Waals surface area (Å²) in [5.74, 6) is -0.0474. The third kappa shape index (κ3) is 3.81.